The third-order valence-corrected chi connectivity index (χ3v) is 33.7. The van der Waals surface area contributed by atoms with Gasteiger partial charge in [0.05, 0.1) is 13.2 Å². The number of hydrogen-bond donors (Lipinski definition) is 0. The lowest BCUT2D eigenvalue weighted by Crippen LogP contribution is -2.46. The minimum absolute atomic E-state index is 0.0928. The van der Waals surface area contributed by atoms with Crippen molar-refractivity contribution < 1.29 is 104 Å². The molecule has 1 fully saturated rings. The molecule has 0 aliphatic carbocycles. The predicted molar refractivity (Wildman–Crippen MR) is 486 cm³/mol. The predicted octanol–water partition coefficient (Wildman–Crippen LogP) is 21.2. The fourth-order valence-corrected chi connectivity index (χ4v) is 26.2. The van der Waals surface area contributed by atoms with E-state index in [9.17, 15) is 0 Å². The number of hydrogen-bond acceptors (Lipinski definition) is 23. The molecule has 0 aromatic heterocycles. The van der Waals surface area contributed by atoms with Gasteiger partial charge in [-0.1, -0.05) is 60.7 Å². The van der Waals surface area contributed by atoms with E-state index >= 15 is 0 Å². The summed E-state index contributed by atoms with van der Waals surface area (Å²) >= 11 is 0. The molecular formula is C91H160O23Si5. The summed E-state index contributed by atoms with van der Waals surface area (Å²) in [6.07, 6.45) is 12.7. The van der Waals surface area contributed by atoms with Gasteiger partial charge in [-0.25, -0.2) is 0 Å². The Morgan fingerprint density at radius 2 is 0.571 bits per heavy atom. The summed E-state index contributed by atoms with van der Waals surface area (Å²) in [7, 11) is -9.35. The van der Waals surface area contributed by atoms with Crippen molar-refractivity contribution in [2.75, 3.05) is 133 Å². The lowest BCUT2D eigenvalue weighted by molar-refractivity contribution is -0.105. The molecule has 0 N–H and O–H groups in total. The van der Waals surface area contributed by atoms with E-state index in [2.05, 4.69) is 81.4 Å². The SMILES string of the molecule is CCO[Si](CCCc1ccc(OC(C)(C)C)cc1)(OCC)OCC.CCO[Si](CCCc1ccc(OC(C)OC)cc1)(OCC)OCC.CCO[Si](CCCc1ccc(OC2CCCCO2)cc1)(OCC)OCC.CCO[Si](CCCc1ccc(OCOC)cc1)(OCC)OCC.CCOc1ccc(CCC[Si](OCC)(OCC)OCC)cc1. The summed E-state index contributed by atoms with van der Waals surface area (Å²) in [5.74, 6) is 4.34. The Balaban J connectivity index is 0.000000505. The zero-order valence-corrected chi connectivity index (χ0v) is 82.5. The first-order chi connectivity index (χ1) is 57.5. The van der Waals surface area contributed by atoms with Crippen molar-refractivity contribution >= 4 is 44.0 Å². The van der Waals surface area contributed by atoms with Crippen LogP contribution in [0.1, 0.15) is 218 Å². The van der Waals surface area contributed by atoms with Crippen LogP contribution in [0.2, 0.25) is 30.2 Å². The molecule has 5 aromatic rings. The maximum atomic E-state index is 5.91. The van der Waals surface area contributed by atoms with Crippen LogP contribution >= 0.6 is 0 Å². The molecule has 0 spiro atoms. The Morgan fingerprint density at radius 1 is 0.319 bits per heavy atom. The third-order valence-electron chi connectivity index (χ3n) is 17.9. The largest absolute Gasteiger partial charge is 0.500 e. The summed E-state index contributed by atoms with van der Waals surface area (Å²) < 4.78 is 132. The highest BCUT2D eigenvalue weighted by Gasteiger charge is 2.43. The lowest BCUT2D eigenvalue weighted by Gasteiger charge is -2.28. The van der Waals surface area contributed by atoms with Crippen LogP contribution in [0.5, 0.6) is 28.7 Å². The summed E-state index contributed by atoms with van der Waals surface area (Å²) in [5, 5.41) is 0. The van der Waals surface area contributed by atoms with E-state index in [1.807, 2.05) is 178 Å². The average molecular weight is 1760 g/mol. The highest BCUT2D eigenvalue weighted by molar-refractivity contribution is 6.62. The maximum absolute atomic E-state index is 5.91. The van der Waals surface area contributed by atoms with Gasteiger partial charge >= 0.3 is 44.0 Å². The second-order valence-corrected chi connectivity index (χ2v) is 42.1. The number of ether oxygens (including phenoxy) is 8. The first-order valence-corrected chi connectivity index (χ1v) is 54.1. The minimum atomic E-state index is -2.53. The molecule has 2 atom stereocenters. The van der Waals surface area contributed by atoms with Crippen molar-refractivity contribution in [2.45, 2.75) is 270 Å². The smallest absolute Gasteiger partial charge is 0.494 e. The Hall–Kier alpha value is -4.54. The van der Waals surface area contributed by atoms with Gasteiger partial charge in [-0.05, 0) is 304 Å². The van der Waals surface area contributed by atoms with Crippen LogP contribution in [0.4, 0.5) is 0 Å². The second-order valence-electron chi connectivity index (χ2n) is 28.4. The van der Waals surface area contributed by atoms with E-state index in [0.717, 1.165) is 143 Å². The van der Waals surface area contributed by atoms with Gasteiger partial charge in [0, 0.05) is 150 Å². The minimum Gasteiger partial charge on any atom is -0.494 e. The molecule has 1 heterocycles. The zero-order valence-electron chi connectivity index (χ0n) is 77.5. The van der Waals surface area contributed by atoms with Gasteiger partial charge in [-0.15, -0.1) is 0 Å². The van der Waals surface area contributed by atoms with Crippen molar-refractivity contribution in [2.24, 2.45) is 0 Å². The van der Waals surface area contributed by atoms with Crippen LogP contribution in [-0.2, 0) is 113 Å². The summed E-state index contributed by atoms with van der Waals surface area (Å²) in [4.78, 5) is 0. The molecule has 0 radical (unpaired) electrons. The van der Waals surface area contributed by atoms with Crippen molar-refractivity contribution in [3.63, 3.8) is 0 Å². The molecule has 1 saturated heterocycles. The van der Waals surface area contributed by atoms with E-state index < -0.39 is 44.0 Å². The van der Waals surface area contributed by atoms with Crippen LogP contribution in [0.25, 0.3) is 0 Å². The van der Waals surface area contributed by atoms with Gasteiger partial charge in [-0.2, -0.15) is 0 Å². The van der Waals surface area contributed by atoms with Crippen LogP contribution < -0.4 is 23.7 Å². The van der Waals surface area contributed by atoms with Crippen molar-refractivity contribution in [1.82, 2.24) is 0 Å². The normalized spacial score (nSPS) is 13.5. The summed E-state index contributed by atoms with van der Waals surface area (Å²) in [6, 6.07) is 45.4. The van der Waals surface area contributed by atoms with E-state index in [1.165, 1.54) is 34.2 Å². The Morgan fingerprint density at radius 3 is 0.798 bits per heavy atom. The van der Waals surface area contributed by atoms with Crippen LogP contribution in [0.3, 0.4) is 0 Å². The average Bonchev–Trinajstić information content (AvgIpc) is 0.862. The summed E-state index contributed by atoms with van der Waals surface area (Å²) in [5.41, 5.74) is 6.25. The molecule has 682 valence electrons. The van der Waals surface area contributed by atoms with Gasteiger partial charge in [0.15, 0.2) is 19.4 Å². The number of rotatable bonds is 61. The van der Waals surface area contributed by atoms with Crippen LogP contribution in [-0.4, -0.2) is 196 Å². The van der Waals surface area contributed by atoms with E-state index in [0.29, 0.717) is 106 Å². The Labute approximate surface area is 725 Å². The fourth-order valence-electron chi connectivity index (χ4n) is 13.1. The van der Waals surface area contributed by atoms with Crippen molar-refractivity contribution in [3.8, 4) is 28.7 Å². The molecule has 0 bridgehead atoms. The highest BCUT2D eigenvalue weighted by Crippen LogP contribution is 2.29. The topological polar surface area (TPSA) is 212 Å². The molecule has 1 aliphatic rings. The Kier molecular flexibility index (Phi) is 62.1. The van der Waals surface area contributed by atoms with E-state index in [-0.39, 0.29) is 25.0 Å². The van der Waals surface area contributed by atoms with E-state index in [1.54, 1.807) is 14.2 Å². The molecule has 1 aliphatic heterocycles. The van der Waals surface area contributed by atoms with E-state index in [4.69, 9.17) is 104 Å². The first-order valence-electron chi connectivity index (χ1n) is 44.5. The Bertz CT molecular complexity index is 3070. The fraction of sp³-hybridized carbons (Fsp3) is 0.670. The highest BCUT2D eigenvalue weighted by atomic mass is 28.4. The van der Waals surface area contributed by atoms with Crippen LogP contribution in [0.15, 0.2) is 121 Å². The van der Waals surface area contributed by atoms with Crippen molar-refractivity contribution in [3.05, 3.63) is 149 Å². The van der Waals surface area contributed by atoms with Gasteiger partial charge in [-0.3, -0.25) is 0 Å². The molecule has 28 heteroatoms. The molecule has 0 amide bonds. The quantitative estimate of drug-likeness (QED) is 0.0261. The lowest BCUT2D eigenvalue weighted by atomic mass is 10.1. The molecule has 0 saturated carbocycles. The van der Waals surface area contributed by atoms with Gasteiger partial charge in [0.25, 0.3) is 0 Å². The molecule has 23 nitrogen and oxygen atoms in total. The van der Waals surface area contributed by atoms with Gasteiger partial charge < -0.3 is 104 Å². The van der Waals surface area contributed by atoms with Gasteiger partial charge in [0.1, 0.15) is 34.3 Å². The maximum Gasteiger partial charge on any atom is 0.500 e. The molecule has 5 aromatic carbocycles. The standard InChI is InChI=1S/C20H34O5Si.C19H34O4Si.C18H32O5Si.C17H30O5Si.C17H30O4Si/c1-4-22-26(23-5-2,24-6-3)17-9-10-18-12-14-19(15-13-18)25-20-11-7-8-16-21-20;1-7-20-24(21-8-2,22-9-3)16-10-11-17-12-14-18(15-13-17)23-19(4,5)6;1-6-20-24(21-7-2,22-8-3)15-9-10-17-11-13-18(14-12-17)23-16(4)19-5;1-5-20-23(21-6-2,22-7-3)14-8-9-16-10-12-17(13-11-16)19-15-18-4;1-5-18-17-13-11-16(12-14-17)10-9-15-22(19-6-2,20-7-3)21-8-4/h12-15,20H,4-11,16-17H2,1-3H3;12-15H,7-11,16H2,1-6H3;11-14,16H,6-10,15H2,1-5H3;10-13H,5-9,14-15H2,1-4H3;11-14H,5-10,15H2,1-4H3. The first kappa shape index (κ1) is 111. The zero-order chi connectivity index (χ0) is 87.8. The number of benzene rings is 5. The number of aryl methyl sites for hydroxylation is 5. The van der Waals surface area contributed by atoms with Crippen LogP contribution in [0, 0.1) is 0 Å². The summed E-state index contributed by atoms with van der Waals surface area (Å²) in [6.45, 7) is 51.1. The molecule has 2 unspecified atom stereocenters. The second kappa shape index (κ2) is 66.9. The monoisotopic (exact) mass is 1760 g/mol. The molecule has 119 heavy (non-hydrogen) atoms. The third kappa shape index (κ3) is 48.5. The molecule has 6 rings (SSSR count). The number of methoxy groups -OCH3 is 2. The van der Waals surface area contributed by atoms with Crippen molar-refractivity contribution in [1.29, 1.82) is 0 Å². The van der Waals surface area contributed by atoms with Gasteiger partial charge in [0.2, 0.25) is 0 Å². The molecular weight excluding hydrogens is 1600 g/mol.